The Balaban J connectivity index is 1.59. The first kappa shape index (κ1) is 17.7. The molecule has 2 aliphatic rings. The summed E-state index contributed by atoms with van der Waals surface area (Å²) in [5.74, 6) is 0.702. The number of carbonyl (C=O) groups excluding carboxylic acids is 2. The smallest absolute Gasteiger partial charge is 0.253 e. The lowest BCUT2D eigenvalue weighted by Crippen LogP contribution is -2.54. The molecule has 0 aromatic heterocycles. The van der Waals surface area contributed by atoms with Crippen LogP contribution in [0, 0.1) is 0 Å². The van der Waals surface area contributed by atoms with Crippen LogP contribution in [-0.2, 0) is 9.53 Å². The van der Waals surface area contributed by atoms with Crippen LogP contribution < -0.4 is 10.5 Å². The lowest BCUT2D eigenvalue weighted by atomic mass is 10.0. The van der Waals surface area contributed by atoms with E-state index in [-0.39, 0.29) is 18.4 Å². The van der Waals surface area contributed by atoms with Crippen molar-refractivity contribution in [2.24, 2.45) is 5.73 Å². The maximum atomic E-state index is 12.7. The van der Waals surface area contributed by atoms with E-state index >= 15 is 0 Å². The molecule has 136 valence electrons. The van der Waals surface area contributed by atoms with Crippen LogP contribution in [0.5, 0.6) is 5.75 Å². The van der Waals surface area contributed by atoms with Crippen LogP contribution in [0.4, 0.5) is 0 Å². The molecule has 0 bridgehead atoms. The molecule has 2 N–H and O–H groups in total. The third-order valence-electron chi connectivity index (χ3n) is 4.77. The Hall–Kier alpha value is -2.12. The van der Waals surface area contributed by atoms with Crippen molar-refractivity contribution < 1.29 is 19.1 Å². The SMILES string of the molecule is CN1C[C@]2(CCN(C(=O)c3ccc(OCCCN)cc3)C2)OCC1=O. The van der Waals surface area contributed by atoms with Crippen LogP contribution in [0.25, 0.3) is 0 Å². The number of rotatable bonds is 5. The van der Waals surface area contributed by atoms with Gasteiger partial charge in [0.2, 0.25) is 5.91 Å². The molecule has 1 atom stereocenters. The van der Waals surface area contributed by atoms with Gasteiger partial charge in [0.15, 0.2) is 0 Å². The van der Waals surface area contributed by atoms with E-state index < -0.39 is 5.60 Å². The van der Waals surface area contributed by atoms with E-state index in [1.165, 1.54) is 0 Å². The number of nitrogens with zero attached hydrogens (tertiary/aromatic N) is 2. The number of benzene rings is 1. The second kappa shape index (κ2) is 7.41. The normalized spacial score (nSPS) is 23.4. The molecular weight excluding hydrogens is 322 g/mol. The average molecular weight is 347 g/mol. The van der Waals surface area contributed by atoms with Gasteiger partial charge in [0.05, 0.1) is 19.7 Å². The summed E-state index contributed by atoms with van der Waals surface area (Å²) in [6, 6.07) is 7.17. The summed E-state index contributed by atoms with van der Waals surface area (Å²) in [6.45, 7) is 2.93. The highest BCUT2D eigenvalue weighted by atomic mass is 16.5. The number of amides is 2. The predicted octanol–water partition coefficient (Wildman–Crippen LogP) is 0.488. The second-order valence-electron chi connectivity index (χ2n) is 6.71. The topological polar surface area (TPSA) is 85.1 Å². The molecule has 1 aromatic carbocycles. The molecular formula is C18H25N3O4. The zero-order chi connectivity index (χ0) is 17.9. The van der Waals surface area contributed by atoms with Crippen LogP contribution in [-0.4, -0.2) is 73.7 Å². The highest BCUT2D eigenvalue weighted by Gasteiger charge is 2.45. The zero-order valence-electron chi connectivity index (χ0n) is 14.6. The number of hydrogen-bond acceptors (Lipinski definition) is 5. The molecule has 7 heteroatoms. The summed E-state index contributed by atoms with van der Waals surface area (Å²) in [5.41, 5.74) is 5.64. The molecule has 0 saturated carbocycles. The Morgan fingerprint density at radius 2 is 2.08 bits per heavy atom. The Kier molecular flexibility index (Phi) is 5.24. The molecule has 2 amide bonds. The Bertz CT molecular complexity index is 634. The molecule has 0 aliphatic carbocycles. The third-order valence-corrected chi connectivity index (χ3v) is 4.77. The van der Waals surface area contributed by atoms with Crippen molar-refractivity contribution in [2.45, 2.75) is 18.4 Å². The highest BCUT2D eigenvalue weighted by molar-refractivity contribution is 5.94. The summed E-state index contributed by atoms with van der Waals surface area (Å²) in [7, 11) is 1.78. The number of morpholine rings is 1. The summed E-state index contributed by atoms with van der Waals surface area (Å²) in [6.07, 6.45) is 1.55. The van der Waals surface area contributed by atoms with Gasteiger partial charge in [0.1, 0.15) is 18.0 Å². The van der Waals surface area contributed by atoms with Crippen molar-refractivity contribution in [3.63, 3.8) is 0 Å². The lowest BCUT2D eigenvalue weighted by molar-refractivity contribution is -0.158. The van der Waals surface area contributed by atoms with Gasteiger partial charge in [-0.3, -0.25) is 9.59 Å². The minimum atomic E-state index is -0.427. The van der Waals surface area contributed by atoms with E-state index in [9.17, 15) is 9.59 Å². The number of hydrogen-bond donors (Lipinski definition) is 1. The summed E-state index contributed by atoms with van der Waals surface area (Å²) in [4.78, 5) is 27.8. The fraction of sp³-hybridized carbons (Fsp3) is 0.556. The first-order chi connectivity index (χ1) is 12.0. The van der Waals surface area contributed by atoms with Crippen molar-refractivity contribution in [3.05, 3.63) is 29.8 Å². The van der Waals surface area contributed by atoms with Gasteiger partial charge in [-0.25, -0.2) is 0 Å². The Morgan fingerprint density at radius 3 is 2.76 bits per heavy atom. The fourth-order valence-electron chi connectivity index (χ4n) is 3.31. The van der Waals surface area contributed by atoms with Crippen molar-refractivity contribution in [1.82, 2.24) is 9.80 Å². The quantitative estimate of drug-likeness (QED) is 0.784. The molecule has 7 nitrogen and oxygen atoms in total. The number of ether oxygens (including phenoxy) is 2. The van der Waals surface area contributed by atoms with Crippen molar-refractivity contribution in [3.8, 4) is 5.75 Å². The van der Waals surface area contributed by atoms with Gasteiger partial charge in [-0.1, -0.05) is 0 Å². The van der Waals surface area contributed by atoms with E-state index in [1.54, 1.807) is 41.1 Å². The molecule has 0 radical (unpaired) electrons. The van der Waals surface area contributed by atoms with Gasteiger partial charge < -0.3 is 25.0 Å². The maximum absolute atomic E-state index is 12.7. The number of carbonyl (C=O) groups is 2. The molecule has 0 unspecified atom stereocenters. The third kappa shape index (κ3) is 3.93. The minimum absolute atomic E-state index is 0.0133. The minimum Gasteiger partial charge on any atom is -0.494 e. The predicted molar refractivity (Wildman–Crippen MR) is 92.4 cm³/mol. The van der Waals surface area contributed by atoms with E-state index in [0.29, 0.717) is 38.3 Å². The highest BCUT2D eigenvalue weighted by Crippen LogP contribution is 2.30. The maximum Gasteiger partial charge on any atom is 0.253 e. The van der Waals surface area contributed by atoms with Crippen LogP contribution in [0.2, 0.25) is 0 Å². The molecule has 1 aromatic rings. The molecule has 1 spiro atoms. The zero-order valence-corrected chi connectivity index (χ0v) is 14.6. The fourth-order valence-corrected chi connectivity index (χ4v) is 3.31. The molecule has 2 saturated heterocycles. The van der Waals surface area contributed by atoms with E-state index in [0.717, 1.165) is 18.6 Å². The van der Waals surface area contributed by atoms with Crippen LogP contribution in [0.1, 0.15) is 23.2 Å². The molecule has 2 aliphatic heterocycles. The van der Waals surface area contributed by atoms with Crippen molar-refractivity contribution >= 4 is 11.8 Å². The molecule has 2 heterocycles. The molecule has 2 fully saturated rings. The molecule has 25 heavy (non-hydrogen) atoms. The van der Waals surface area contributed by atoms with Crippen LogP contribution in [0.3, 0.4) is 0 Å². The van der Waals surface area contributed by atoms with Crippen molar-refractivity contribution in [1.29, 1.82) is 0 Å². The largest absolute Gasteiger partial charge is 0.494 e. The Labute approximate surface area is 147 Å². The summed E-state index contributed by atoms with van der Waals surface area (Å²) in [5, 5.41) is 0. The monoisotopic (exact) mass is 347 g/mol. The number of likely N-dealkylation sites (tertiary alicyclic amines) is 1. The summed E-state index contributed by atoms with van der Waals surface area (Å²) < 4.78 is 11.3. The van der Waals surface area contributed by atoms with Crippen LogP contribution in [0.15, 0.2) is 24.3 Å². The van der Waals surface area contributed by atoms with E-state index in [4.69, 9.17) is 15.2 Å². The van der Waals surface area contributed by atoms with Crippen molar-refractivity contribution in [2.75, 3.05) is 46.4 Å². The van der Waals surface area contributed by atoms with Gasteiger partial charge in [0.25, 0.3) is 5.91 Å². The van der Waals surface area contributed by atoms with Gasteiger partial charge in [0, 0.05) is 19.2 Å². The first-order valence-electron chi connectivity index (χ1n) is 8.63. The van der Waals surface area contributed by atoms with Gasteiger partial charge in [-0.15, -0.1) is 0 Å². The summed E-state index contributed by atoms with van der Waals surface area (Å²) >= 11 is 0. The van der Waals surface area contributed by atoms with E-state index in [1.807, 2.05) is 0 Å². The van der Waals surface area contributed by atoms with Crippen LogP contribution >= 0.6 is 0 Å². The number of likely N-dealkylation sites (N-methyl/N-ethyl adjacent to an activating group) is 1. The second-order valence-corrected chi connectivity index (χ2v) is 6.71. The Morgan fingerprint density at radius 1 is 1.32 bits per heavy atom. The van der Waals surface area contributed by atoms with E-state index in [2.05, 4.69) is 0 Å². The first-order valence-corrected chi connectivity index (χ1v) is 8.63. The number of nitrogens with two attached hydrogens (primary N) is 1. The lowest BCUT2D eigenvalue weighted by Gasteiger charge is -2.38. The molecule has 3 rings (SSSR count). The standard InChI is InChI=1S/C18H25N3O4/c1-20-12-18(25-11-16(20)22)7-9-21(13-18)17(23)14-3-5-15(6-4-14)24-10-2-8-19/h3-6H,2,7-13,19H2,1H3/t18-/m0/s1. The average Bonchev–Trinajstić information content (AvgIpc) is 3.02. The van der Waals surface area contributed by atoms with Gasteiger partial charge >= 0.3 is 0 Å². The van der Waals surface area contributed by atoms with Gasteiger partial charge in [-0.2, -0.15) is 0 Å². The van der Waals surface area contributed by atoms with Gasteiger partial charge in [-0.05, 0) is 43.7 Å².